The zero-order chi connectivity index (χ0) is 17.8. The molecule has 1 amide bonds. The van der Waals surface area contributed by atoms with Crippen molar-refractivity contribution in [1.29, 1.82) is 0 Å². The van der Waals surface area contributed by atoms with Crippen LogP contribution in [0.1, 0.15) is 15.2 Å². The number of halogens is 1. The van der Waals surface area contributed by atoms with Gasteiger partial charge in [0.1, 0.15) is 22.3 Å². The van der Waals surface area contributed by atoms with Crippen LogP contribution < -0.4 is 10.1 Å². The molecule has 0 radical (unpaired) electrons. The quantitative estimate of drug-likeness (QED) is 0.731. The molecule has 0 unspecified atom stereocenters. The largest absolute Gasteiger partial charge is 0.508 e. The van der Waals surface area contributed by atoms with Crippen LogP contribution in [-0.4, -0.2) is 23.1 Å². The summed E-state index contributed by atoms with van der Waals surface area (Å²) in [6.45, 7) is 0.228. The number of phenolic OH excluding ortho intramolecular Hbond substituents is 1. The van der Waals surface area contributed by atoms with Crippen molar-refractivity contribution in [3.05, 3.63) is 64.9 Å². The number of nitrogens with zero attached hydrogens (tertiary/aromatic N) is 1. The number of carbonyl (C=O) groups excluding carboxylic acids is 1. The van der Waals surface area contributed by atoms with Gasteiger partial charge < -0.3 is 15.2 Å². The molecule has 7 heteroatoms. The molecular formula is C18H15FN2O3S. The van der Waals surface area contributed by atoms with E-state index in [1.54, 1.807) is 13.3 Å². The number of hydrogen-bond donors (Lipinski definition) is 2. The van der Waals surface area contributed by atoms with Gasteiger partial charge in [-0.15, -0.1) is 11.3 Å². The van der Waals surface area contributed by atoms with E-state index in [2.05, 4.69) is 10.3 Å². The summed E-state index contributed by atoms with van der Waals surface area (Å²) in [4.78, 5) is 17.2. The standard InChI is InChI=1S/C18H15FN2O3S/c1-24-16-5-3-2-4-14(16)18-21-10-12(25-18)9-20-17(23)13-7-6-11(22)8-15(13)19/h2-8,10,22H,9H2,1H3,(H,20,23). The molecule has 0 aliphatic heterocycles. The lowest BCUT2D eigenvalue weighted by Gasteiger charge is -2.05. The van der Waals surface area contributed by atoms with Gasteiger partial charge in [-0.25, -0.2) is 9.37 Å². The Hall–Kier alpha value is -2.93. The predicted octanol–water partition coefficient (Wildman–Crippen LogP) is 3.59. The van der Waals surface area contributed by atoms with Crippen LogP contribution in [-0.2, 0) is 6.54 Å². The van der Waals surface area contributed by atoms with Crippen molar-refractivity contribution in [2.45, 2.75) is 6.54 Å². The van der Waals surface area contributed by atoms with Crippen LogP contribution in [0, 0.1) is 5.82 Å². The number of thiazole rings is 1. The van der Waals surface area contributed by atoms with E-state index in [0.717, 1.165) is 27.3 Å². The lowest BCUT2D eigenvalue weighted by atomic mass is 10.2. The van der Waals surface area contributed by atoms with Gasteiger partial charge in [-0.05, 0) is 24.3 Å². The number of aromatic nitrogens is 1. The lowest BCUT2D eigenvalue weighted by Crippen LogP contribution is -2.23. The Morgan fingerprint density at radius 2 is 2.12 bits per heavy atom. The summed E-state index contributed by atoms with van der Waals surface area (Å²) in [5, 5.41) is 12.6. The molecule has 128 valence electrons. The molecule has 2 aromatic carbocycles. The van der Waals surface area contributed by atoms with E-state index in [1.165, 1.54) is 23.5 Å². The third kappa shape index (κ3) is 3.77. The molecule has 0 spiro atoms. The Morgan fingerprint density at radius 3 is 2.88 bits per heavy atom. The van der Waals surface area contributed by atoms with Gasteiger partial charge >= 0.3 is 0 Å². The molecule has 5 nitrogen and oxygen atoms in total. The molecule has 0 aliphatic carbocycles. The number of methoxy groups -OCH3 is 1. The smallest absolute Gasteiger partial charge is 0.254 e. The summed E-state index contributed by atoms with van der Waals surface area (Å²) in [6, 6.07) is 11.0. The number of phenols is 1. The van der Waals surface area contributed by atoms with E-state index in [-0.39, 0.29) is 17.9 Å². The normalized spacial score (nSPS) is 10.5. The average molecular weight is 358 g/mol. The molecule has 1 heterocycles. The molecule has 25 heavy (non-hydrogen) atoms. The molecule has 3 aromatic rings. The van der Waals surface area contributed by atoms with Gasteiger partial charge in [-0.1, -0.05) is 12.1 Å². The van der Waals surface area contributed by atoms with Crippen LogP contribution in [0.15, 0.2) is 48.7 Å². The molecule has 3 rings (SSSR count). The number of para-hydroxylation sites is 1. The maximum Gasteiger partial charge on any atom is 0.254 e. The average Bonchev–Trinajstić information content (AvgIpc) is 3.08. The van der Waals surface area contributed by atoms with Crippen molar-refractivity contribution in [2.24, 2.45) is 0 Å². The van der Waals surface area contributed by atoms with E-state index in [0.29, 0.717) is 0 Å². The van der Waals surface area contributed by atoms with E-state index in [1.807, 2.05) is 24.3 Å². The first-order valence-corrected chi connectivity index (χ1v) is 8.25. The zero-order valence-electron chi connectivity index (χ0n) is 13.3. The monoisotopic (exact) mass is 358 g/mol. The zero-order valence-corrected chi connectivity index (χ0v) is 14.1. The molecule has 0 atom stereocenters. The third-order valence-electron chi connectivity index (χ3n) is 3.51. The lowest BCUT2D eigenvalue weighted by molar-refractivity contribution is 0.0947. The van der Waals surface area contributed by atoms with Crippen LogP contribution in [0.25, 0.3) is 10.6 Å². The van der Waals surface area contributed by atoms with Crippen LogP contribution in [0.5, 0.6) is 11.5 Å². The highest BCUT2D eigenvalue weighted by molar-refractivity contribution is 7.15. The van der Waals surface area contributed by atoms with Gasteiger partial charge in [-0.3, -0.25) is 4.79 Å². The minimum Gasteiger partial charge on any atom is -0.508 e. The fourth-order valence-corrected chi connectivity index (χ4v) is 3.17. The molecule has 0 saturated heterocycles. The van der Waals surface area contributed by atoms with Crippen LogP contribution in [0.3, 0.4) is 0 Å². The number of hydrogen-bond acceptors (Lipinski definition) is 5. The molecule has 1 aromatic heterocycles. The fourth-order valence-electron chi connectivity index (χ4n) is 2.29. The van der Waals surface area contributed by atoms with Gasteiger partial charge in [0.25, 0.3) is 5.91 Å². The number of amides is 1. The van der Waals surface area contributed by atoms with Crippen molar-refractivity contribution in [2.75, 3.05) is 7.11 Å². The number of aromatic hydroxyl groups is 1. The molecule has 0 fully saturated rings. The summed E-state index contributed by atoms with van der Waals surface area (Å²) >= 11 is 1.42. The Balaban J connectivity index is 1.70. The number of ether oxygens (including phenoxy) is 1. The van der Waals surface area contributed by atoms with Gasteiger partial charge in [0.2, 0.25) is 0 Å². The highest BCUT2D eigenvalue weighted by Gasteiger charge is 2.14. The molecular weight excluding hydrogens is 343 g/mol. The summed E-state index contributed by atoms with van der Waals surface area (Å²) < 4.78 is 19.0. The first kappa shape index (κ1) is 16.9. The van der Waals surface area contributed by atoms with Crippen molar-refractivity contribution >= 4 is 17.2 Å². The van der Waals surface area contributed by atoms with Gasteiger partial charge in [0, 0.05) is 17.1 Å². The van der Waals surface area contributed by atoms with E-state index in [4.69, 9.17) is 4.74 Å². The first-order valence-electron chi connectivity index (χ1n) is 7.43. The second-order valence-corrected chi connectivity index (χ2v) is 6.29. The van der Waals surface area contributed by atoms with Crippen LogP contribution >= 0.6 is 11.3 Å². The van der Waals surface area contributed by atoms with Crippen molar-refractivity contribution in [3.8, 4) is 22.1 Å². The van der Waals surface area contributed by atoms with Gasteiger partial charge in [0.15, 0.2) is 0 Å². The first-order chi connectivity index (χ1) is 12.1. The molecule has 2 N–H and O–H groups in total. The molecule has 0 saturated carbocycles. The highest BCUT2D eigenvalue weighted by atomic mass is 32.1. The van der Waals surface area contributed by atoms with Crippen LogP contribution in [0.4, 0.5) is 4.39 Å². The Kier molecular flexibility index (Phi) is 4.95. The van der Waals surface area contributed by atoms with E-state index < -0.39 is 11.7 Å². The number of rotatable bonds is 5. The maximum atomic E-state index is 13.7. The second kappa shape index (κ2) is 7.31. The number of benzene rings is 2. The van der Waals surface area contributed by atoms with Crippen molar-refractivity contribution in [3.63, 3.8) is 0 Å². The second-order valence-electron chi connectivity index (χ2n) is 5.18. The Bertz CT molecular complexity index is 911. The highest BCUT2D eigenvalue weighted by Crippen LogP contribution is 2.32. The molecule has 0 aliphatic rings. The van der Waals surface area contributed by atoms with Crippen molar-refractivity contribution < 1.29 is 19.0 Å². The molecule has 0 bridgehead atoms. The van der Waals surface area contributed by atoms with Crippen molar-refractivity contribution in [1.82, 2.24) is 10.3 Å². The maximum absolute atomic E-state index is 13.7. The van der Waals surface area contributed by atoms with Gasteiger partial charge in [-0.2, -0.15) is 0 Å². The SMILES string of the molecule is COc1ccccc1-c1ncc(CNC(=O)c2ccc(O)cc2F)s1. The minimum absolute atomic E-state index is 0.118. The topological polar surface area (TPSA) is 71.5 Å². The number of nitrogens with one attached hydrogen (secondary N) is 1. The summed E-state index contributed by atoms with van der Waals surface area (Å²) in [6.07, 6.45) is 1.67. The third-order valence-corrected chi connectivity index (χ3v) is 4.54. The minimum atomic E-state index is -0.767. The van der Waals surface area contributed by atoms with Crippen LogP contribution in [0.2, 0.25) is 0 Å². The van der Waals surface area contributed by atoms with E-state index >= 15 is 0 Å². The van der Waals surface area contributed by atoms with Gasteiger partial charge in [0.05, 0.1) is 24.8 Å². The Labute approximate surface area is 147 Å². The summed E-state index contributed by atoms with van der Waals surface area (Å²) in [5.41, 5.74) is 0.754. The van der Waals surface area contributed by atoms with E-state index in [9.17, 15) is 14.3 Å². The predicted molar refractivity (Wildman–Crippen MR) is 93.3 cm³/mol. The Morgan fingerprint density at radius 1 is 1.32 bits per heavy atom. The summed E-state index contributed by atoms with van der Waals surface area (Å²) in [5.74, 6) is -0.821. The fraction of sp³-hybridized carbons (Fsp3) is 0.111. The number of carbonyl (C=O) groups is 1. The summed E-state index contributed by atoms with van der Waals surface area (Å²) in [7, 11) is 1.60.